The van der Waals surface area contributed by atoms with Crippen molar-refractivity contribution in [1.82, 2.24) is 15.1 Å². The van der Waals surface area contributed by atoms with Crippen LogP contribution in [0.15, 0.2) is 59.5 Å². The summed E-state index contributed by atoms with van der Waals surface area (Å²) in [5, 5.41) is 3.08. The fourth-order valence-corrected chi connectivity index (χ4v) is 5.10. The second-order valence-electron chi connectivity index (χ2n) is 7.38. The van der Waals surface area contributed by atoms with E-state index in [4.69, 9.17) is 0 Å². The number of amides is 1. The molecule has 0 bridgehead atoms. The zero-order chi connectivity index (χ0) is 19.3. The number of benzene rings is 2. The Morgan fingerprint density at radius 1 is 1.03 bits per heavy atom. The number of piperazine rings is 1. The molecule has 4 nitrogen and oxygen atoms in total. The molecule has 2 saturated heterocycles. The minimum Gasteiger partial charge on any atom is -0.340 e. The van der Waals surface area contributed by atoms with E-state index in [9.17, 15) is 9.18 Å². The van der Waals surface area contributed by atoms with Crippen molar-refractivity contribution in [3.8, 4) is 0 Å². The van der Waals surface area contributed by atoms with Crippen LogP contribution in [-0.2, 0) is 4.79 Å². The molecule has 2 unspecified atom stereocenters. The van der Waals surface area contributed by atoms with Crippen LogP contribution in [0.1, 0.15) is 17.2 Å². The average molecular weight is 436 g/mol. The summed E-state index contributed by atoms with van der Waals surface area (Å²) in [5.41, 5.74) is 0.993. The van der Waals surface area contributed by atoms with Crippen molar-refractivity contribution >= 4 is 30.1 Å². The zero-order valence-corrected chi connectivity index (χ0v) is 17.9. The lowest BCUT2D eigenvalue weighted by Gasteiger charge is -2.32. The van der Waals surface area contributed by atoms with Gasteiger partial charge in [0.15, 0.2) is 0 Å². The minimum atomic E-state index is -0.312. The fourth-order valence-electron chi connectivity index (χ4n) is 3.99. The van der Waals surface area contributed by atoms with E-state index < -0.39 is 0 Å². The molecular weight excluding hydrogens is 409 g/mol. The van der Waals surface area contributed by atoms with Gasteiger partial charge in [-0.25, -0.2) is 4.39 Å². The Bertz CT molecular complexity index is 786. The fraction of sp³-hybridized carbons (Fsp3) is 0.409. The topological polar surface area (TPSA) is 35.6 Å². The molecular formula is C22H27ClFN3OS. The molecule has 2 aromatic carbocycles. The Labute approximate surface area is 182 Å². The van der Waals surface area contributed by atoms with E-state index in [0.717, 1.165) is 56.1 Å². The molecule has 0 aliphatic carbocycles. The summed E-state index contributed by atoms with van der Waals surface area (Å²) in [7, 11) is 0. The summed E-state index contributed by atoms with van der Waals surface area (Å²) in [6.07, 6.45) is 1.04. The first-order chi connectivity index (χ1) is 13.7. The van der Waals surface area contributed by atoms with E-state index in [1.165, 1.54) is 23.9 Å². The molecule has 2 aliphatic heterocycles. The molecule has 2 heterocycles. The Morgan fingerprint density at radius 2 is 1.72 bits per heavy atom. The summed E-state index contributed by atoms with van der Waals surface area (Å²) in [6, 6.07) is 16.8. The van der Waals surface area contributed by atoms with Gasteiger partial charge in [-0.05, 0) is 36.2 Å². The Hall–Kier alpha value is -1.60. The third-order valence-electron chi connectivity index (χ3n) is 5.54. The number of rotatable bonds is 5. The lowest BCUT2D eigenvalue weighted by Crippen LogP contribution is -2.49. The van der Waals surface area contributed by atoms with Gasteiger partial charge in [0.25, 0.3) is 0 Å². The first kappa shape index (κ1) is 22.1. The van der Waals surface area contributed by atoms with Gasteiger partial charge in [0.1, 0.15) is 11.1 Å². The molecule has 2 aliphatic rings. The minimum absolute atomic E-state index is 0. The van der Waals surface area contributed by atoms with Gasteiger partial charge in [0.2, 0.25) is 5.91 Å². The number of hydrogen-bond donors (Lipinski definition) is 1. The molecule has 7 heteroatoms. The summed E-state index contributed by atoms with van der Waals surface area (Å²) in [6.45, 7) is 5.76. The molecule has 0 radical (unpaired) electrons. The van der Waals surface area contributed by atoms with Crippen LogP contribution in [0.4, 0.5) is 4.39 Å². The molecule has 0 aromatic heterocycles. The molecule has 2 aromatic rings. The number of hydrogen-bond acceptors (Lipinski definition) is 4. The van der Waals surface area contributed by atoms with Crippen molar-refractivity contribution in [3.05, 3.63) is 66.0 Å². The maximum absolute atomic E-state index is 13.4. The third kappa shape index (κ3) is 5.51. The van der Waals surface area contributed by atoms with Crippen molar-refractivity contribution in [2.24, 2.45) is 0 Å². The highest BCUT2D eigenvalue weighted by atomic mass is 35.5. The van der Waals surface area contributed by atoms with Gasteiger partial charge in [0, 0.05) is 50.2 Å². The monoisotopic (exact) mass is 435 g/mol. The van der Waals surface area contributed by atoms with Crippen LogP contribution in [0, 0.1) is 5.82 Å². The molecule has 156 valence electrons. The normalized spacial score (nSPS) is 20.9. The summed E-state index contributed by atoms with van der Waals surface area (Å²) in [4.78, 5) is 18.9. The van der Waals surface area contributed by atoms with Gasteiger partial charge in [0.05, 0.1) is 0 Å². The Balaban J connectivity index is 0.00000240. The van der Waals surface area contributed by atoms with E-state index in [2.05, 4.69) is 10.2 Å². The van der Waals surface area contributed by atoms with Gasteiger partial charge >= 0.3 is 0 Å². The van der Waals surface area contributed by atoms with E-state index in [-0.39, 0.29) is 29.4 Å². The predicted octanol–water partition coefficient (Wildman–Crippen LogP) is 3.59. The highest BCUT2D eigenvalue weighted by molar-refractivity contribution is 8.00. The average Bonchev–Trinajstić information content (AvgIpc) is 3.24. The van der Waals surface area contributed by atoms with Crippen LogP contribution < -0.4 is 5.32 Å². The SMILES string of the molecule is Cl.O=C(C(Sc1ccc(F)cc1)c1ccccc1)N1CCC(N2CCNCC2)C1. The van der Waals surface area contributed by atoms with Crippen LogP contribution in [0.5, 0.6) is 0 Å². The number of nitrogens with zero attached hydrogens (tertiary/aromatic N) is 2. The Kier molecular flexibility index (Phi) is 7.95. The molecule has 2 atom stereocenters. The molecule has 0 saturated carbocycles. The summed E-state index contributed by atoms with van der Waals surface area (Å²) in [5.74, 6) is -0.108. The predicted molar refractivity (Wildman–Crippen MR) is 118 cm³/mol. The van der Waals surface area contributed by atoms with E-state index in [0.29, 0.717) is 6.04 Å². The number of halogens is 2. The van der Waals surface area contributed by atoms with Crippen molar-refractivity contribution in [2.45, 2.75) is 22.6 Å². The van der Waals surface area contributed by atoms with Gasteiger partial charge in [-0.1, -0.05) is 30.3 Å². The Morgan fingerprint density at radius 3 is 2.41 bits per heavy atom. The van der Waals surface area contributed by atoms with E-state index >= 15 is 0 Å². The van der Waals surface area contributed by atoms with Gasteiger partial charge in [-0.15, -0.1) is 24.2 Å². The quantitative estimate of drug-likeness (QED) is 0.728. The second kappa shape index (κ2) is 10.4. The van der Waals surface area contributed by atoms with Crippen molar-refractivity contribution in [3.63, 3.8) is 0 Å². The number of carbonyl (C=O) groups excluding carboxylic acids is 1. The molecule has 2 fully saturated rings. The third-order valence-corrected chi connectivity index (χ3v) is 6.79. The number of thioether (sulfide) groups is 1. The lowest BCUT2D eigenvalue weighted by atomic mass is 10.1. The summed E-state index contributed by atoms with van der Waals surface area (Å²) >= 11 is 1.50. The van der Waals surface area contributed by atoms with Gasteiger partial charge in [-0.2, -0.15) is 0 Å². The van der Waals surface area contributed by atoms with Crippen LogP contribution >= 0.6 is 24.2 Å². The smallest absolute Gasteiger partial charge is 0.240 e. The van der Waals surface area contributed by atoms with E-state index in [1.807, 2.05) is 35.2 Å². The van der Waals surface area contributed by atoms with Crippen LogP contribution in [0.25, 0.3) is 0 Å². The van der Waals surface area contributed by atoms with Crippen molar-refractivity contribution in [2.75, 3.05) is 39.3 Å². The highest BCUT2D eigenvalue weighted by Crippen LogP contribution is 2.37. The molecule has 29 heavy (non-hydrogen) atoms. The van der Waals surface area contributed by atoms with Crippen LogP contribution in [0.3, 0.4) is 0 Å². The molecule has 1 N–H and O–H groups in total. The maximum atomic E-state index is 13.4. The highest BCUT2D eigenvalue weighted by Gasteiger charge is 2.34. The van der Waals surface area contributed by atoms with E-state index in [1.54, 1.807) is 12.1 Å². The maximum Gasteiger partial charge on any atom is 0.240 e. The second-order valence-corrected chi connectivity index (χ2v) is 8.55. The first-order valence-corrected chi connectivity index (χ1v) is 10.8. The van der Waals surface area contributed by atoms with Gasteiger partial charge < -0.3 is 10.2 Å². The number of likely N-dealkylation sites (tertiary alicyclic amines) is 1. The zero-order valence-electron chi connectivity index (χ0n) is 16.3. The lowest BCUT2D eigenvalue weighted by molar-refractivity contribution is -0.129. The molecule has 1 amide bonds. The largest absolute Gasteiger partial charge is 0.340 e. The number of nitrogens with one attached hydrogen (secondary N) is 1. The summed E-state index contributed by atoms with van der Waals surface area (Å²) < 4.78 is 13.3. The van der Waals surface area contributed by atoms with Crippen LogP contribution in [0.2, 0.25) is 0 Å². The van der Waals surface area contributed by atoms with Gasteiger partial charge in [-0.3, -0.25) is 9.69 Å². The first-order valence-electron chi connectivity index (χ1n) is 9.91. The molecule has 0 spiro atoms. The van der Waals surface area contributed by atoms with Crippen molar-refractivity contribution < 1.29 is 9.18 Å². The number of carbonyl (C=O) groups is 1. The standard InChI is InChI=1S/C22H26FN3OS.ClH/c23-18-6-8-20(9-7-18)28-21(17-4-2-1-3-5-17)22(27)26-13-10-19(16-26)25-14-11-24-12-15-25;/h1-9,19,21,24H,10-16H2;1H. The van der Waals surface area contributed by atoms with Crippen LogP contribution in [-0.4, -0.2) is 61.0 Å². The molecule has 4 rings (SSSR count). The van der Waals surface area contributed by atoms with Crippen molar-refractivity contribution in [1.29, 1.82) is 0 Å².